The predicted molar refractivity (Wildman–Crippen MR) is 39.4 cm³/mol. The van der Waals surface area contributed by atoms with Gasteiger partial charge in [-0.05, 0) is 12.8 Å². The minimum atomic E-state index is -0.251. The summed E-state index contributed by atoms with van der Waals surface area (Å²) in [4.78, 5) is 3.52. The molecule has 0 aromatic heterocycles. The Morgan fingerprint density at radius 1 is 1.50 bits per heavy atom. The van der Waals surface area contributed by atoms with Crippen molar-refractivity contribution in [3.8, 4) is 0 Å². The summed E-state index contributed by atoms with van der Waals surface area (Å²) in [5.74, 6) is 0.417. The van der Waals surface area contributed by atoms with E-state index in [0.717, 1.165) is 12.8 Å². The molecular formula is C8H13NO. The zero-order valence-corrected chi connectivity index (χ0v) is 6.46. The van der Waals surface area contributed by atoms with Crippen LogP contribution in [0, 0.1) is 12.5 Å². The lowest BCUT2D eigenvalue weighted by Gasteiger charge is -2.35. The summed E-state index contributed by atoms with van der Waals surface area (Å²) >= 11 is 0. The highest BCUT2D eigenvalue weighted by Gasteiger charge is 2.43. The highest BCUT2D eigenvalue weighted by molar-refractivity contribution is 5.01. The molecule has 0 saturated heterocycles. The van der Waals surface area contributed by atoms with E-state index in [2.05, 4.69) is 4.85 Å². The van der Waals surface area contributed by atoms with Crippen molar-refractivity contribution in [3.05, 3.63) is 11.4 Å². The summed E-state index contributed by atoms with van der Waals surface area (Å²) in [5, 5.41) is 8.97. The molecule has 1 fully saturated rings. The molecule has 0 aromatic rings. The number of rotatable bonds is 1. The predicted octanol–water partition coefficient (Wildman–Crippen LogP) is 1.46. The molecule has 10 heavy (non-hydrogen) atoms. The van der Waals surface area contributed by atoms with Crippen LogP contribution < -0.4 is 0 Å². The topological polar surface area (TPSA) is 24.6 Å². The molecule has 1 rings (SSSR count). The fourth-order valence-electron chi connectivity index (χ4n) is 1.26. The fraction of sp³-hybridized carbons (Fsp3) is 0.875. The molecule has 1 aliphatic carbocycles. The van der Waals surface area contributed by atoms with Gasteiger partial charge in [-0.3, -0.25) is 0 Å². The third-order valence-electron chi connectivity index (χ3n) is 2.40. The van der Waals surface area contributed by atoms with Crippen molar-refractivity contribution in [2.45, 2.75) is 38.3 Å². The largest absolute Gasteiger partial charge is 0.393 e. The average molecular weight is 139 g/mol. The monoisotopic (exact) mass is 139 g/mol. The van der Waals surface area contributed by atoms with Crippen LogP contribution in [0.5, 0.6) is 0 Å². The van der Waals surface area contributed by atoms with E-state index in [-0.39, 0.29) is 11.6 Å². The normalized spacial score (nSPS) is 32.6. The molecule has 56 valence electrons. The minimum Gasteiger partial charge on any atom is -0.393 e. The Morgan fingerprint density at radius 3 is 2.30 bits per heavy atom. The molecule has 0 atom stereocenters. The highest BCUT2D eigenvalue weighted by atomic mass is 16.3. The van der Waals surface area contributed by atoms with Gasteiger partial charge in [0.25, 0.3) is 0 Å². The van der Waals surface area contributed by atoms with Crippen molar-refractivity contribution in [2.75, 3.05) is 0 Å². The van der Waals surface area contributed by atoms with Gasteiger partial charge in [0.1, 0.15) is 0 Å². The summed E-state index contributed by atoms with van der Waals surface area (Å²) < 4.78 is 0. The molecule has 0 heterocycles. The first-order chi connectivity index (χ1) is 4.56. The van der Waals surface area contributed by atoms with Gasteiger partial charge < -0.3 is 9.95 Å². The number of hydrogen-bond donors (Lipinski definition) is 1. The van der Waals surface area contributed by atoms with Crippen LogP contribution in [-0.4, -0.2) is 16.7 Å². The van der Waals surface area contributed by atoms with Crippen LogP contribution in [0.25, 0.3) is 4.85 Å². The summed E-state index contributed by atoms with van der Waals surface area (Å²) in [7, 11) is 0. The van der Waals surface area contributed by atoms with Crippen LogP contribution in [-0.2, 0) is 0 Å². The van der Waals surface area contributed by atoms with Crippen molar-refractivity contribution in [1.82, 2.24) is 0 Å². The van der Waals surface area contributed by atoms with E-state index in [9.17, 15) is 0 Å². The molecule has 1 N–H and O–H groups in total. The molecular weight excluding hydrogens is 126 g/mol. The first kappa shape index (κ1) is 7.56. The maximum atomic E-state index is 8.97. The van der Waals surface area contributed by atoms with Crippen LogP contribution in [0.15, 0.2) is 0 Å². The Kier molecular flexibility index (Phi) is 1.70. The van der Waals surface area contributed by atoms with Gasteiger partial charge in [-0.1, -0.05) is 0 Å². The second-order valence-corrected chi connectivity index (χ2v) is 3.59. The maximum absolute atomic E-state index is 8.97. The summed E-state index contributed by atoms with van der Waals surface area (Å²) in [6.45, 7) is 10.8. The quantitative estimate of drug-likeness (QED) is 0.546. The smallest absolute Gasteiger partial charge is 0.230 e. The summed E-state index contributed by atoms with van der Waals surface area (Å²) in [5.41, 5.74) is -0.251. The van der Waals surface area contributed by atoms with Crippen molar-refractivity contribution in [3.63, 3.8) is 0 Å². The van der Waals surface area contributed by atoms with E-state index in [1.165, 1.54) is 0 Å². The molecule has 2 heteroatoms. The molecule has 0 aromatic carbocycles. The van der Waals surface area contributed by atoms with Crippen LogP contribution >= 0.6 is 0 Å². The lowest BCUT2D eigenvalue weighted by Crippen LogP contribution is -2.41. The van der Waals surface area contributed by atoms with Crippen molar-refractivity contribution in [2.24, 2.45) is 5.92 Å². The number of aliphatic hydroxyl groups excluding tert-OH is 1. The zero-order valence-electron chi connectivity index (χ0n) is 6.46. The Morgan fingerprint density at radius 2 is 2.00 bits per heavy atom. The number of nitrogens with zero attached hydrogens (tertiary/aromatic N) is 1. The Hall–Kier alpha value is -0.550. The second-order valence-electron chi connectivity index (χ2n) is 3.59. The molecule has 1 saturated carbocycles. The van der Waals surface area contributed by atoms with E-state index < -0.39 is 0 Å². The van der Waals surface area contributed by atoms with E-state index >= 15 is 0 Å². The second kappa shape index (κ2) is 2.25. The van der Waals surface area contributed by atoms with Crippen LogP contribution in [0.1, 0.15) is 26.7 Å². The Bertz CT molecular complexity index is 163. The lowest BCUT2D eigenvalue weighted by molar-refractivity contribution is 0.0212. The van der Waals surface area contributed by atoms with Crippen molar-refractivity contribution in [1.29, 1.82) is 0 Å². The fourth-order valence-corrected chi connectivity index (χ4v) is 1.26. The van der Waals surface area contributed by atoms with Gasteiger partial charge in [0, 0.05) is 19.8 Å². The minimum absolute atomic E-state index is 0.133. The zero-order chi connectivity index (χ0) is 7.78. The van der Waals surface area contributed by atoms with E-state index in [1.54, 1.807) is 0 Å². The Balaban J connectivity index is 2.46. The number of hydrogen-bond acceptors (Lipinski definition) is 1. The first-order valence-corrected chi connectivity index (χ1v) is 3.63. The van der Waals surface area contributed by atoms with E-state index in [1.807, 2.05) is 13.8 Å². The van der Waals surface area contributed by atoms with Gasteiger partial charge in [0.2, 0.25) is 5.54 Å². The van der Waals surface area contributed by atoms with Gasteiger partial charge in [0.15, 0.2) is 0 Å². The molecule has 0 radical (unpaired) electrons. The molecule has 0 unspecified atom stereocenters. The van der Waals surface area contributed by atoms with Crippen molar-refractivity contribution >= 4 is 0 Å². The maximum Gasteiger partial charge on any atom is 0.230 e. The van der Waals surface area contributed by atoms with E-state index in [0.29, 0.717) is 5.92 Å². The van der Waals surface area contributed by atoms with Crippen LogP contribution in [0.2, 0.25) is 0 Å². The molecule has 2 nitrogen and oxygen atoms in total. The molecule has 0 spiro atoms. The third kappa shape index (κ3) is 1.15. The van der Waals surface area contributed by atoms with Gasteiger partial charge in [-0.15, -0.1) is 0 Å². The molecule has 1 aliphatic rings. The standard InChI is InChI=1S/C8H13NO/c1-8(2,9-3)6-4-7(10)5-6/h6-7,10H,4-5H2,1-2H3. The van der Waals surface area contributed by atoms with Crippen LogP contribution in [0.3, 0.4) is 0 Å². The number of aliphatic hydroxyl groups is 1. The first-order valence-electron chi connectivity index (χ1n) is 3.63. The SMILES string of the molecule is [C-]#[N+]C(C)(C)C1CC(O)C1. The average Bonchev–Trinajstić information content (AvgIpc) is 1.81. The summed E-state index contributed by atoms with van der Waals surface area (Å²) in [6.07, 6.45) is 1.50. The van der Waals surface area contributed by atoms with Gasteiger partial charge in [-0.25, -0.2) is 6.57 Å². The van der Waals surface area contributed by atoms with Gasteiger partial charge >= 0.3 is 0 Å². The van der Waals surface area contributed by atoms with Gasteiger partial charge in [0.05, 0.1) is 6.10 Å². The highest BCUT2D eigenvalue weighted by Crippen LogP contribution is 2.38. The van der Waals surface area contributed by atoms with Crippen molar-refractivity contribution < 1.29 is 5.11 Å². The Labute approximate surface area is 61.7 Å². The van der Waals surface area contributed by atoms with E-state index in [4.69, 9.17) is 11.7 Å². The molecule has 0 bridgehead atoms. The van der Waals surface area contributed by atoms with Crippen LogP contribution in [0.4, 0.5) is 0 Å². The molecule has 0 amide bonds. The lowest BCUT2D eigenvalue weighted by atomic mass is 9.71. The summed E-state index contributed by atoms with van der Waals surface area (Å²) in [6, 6.07) is 0. The third-order valence-corrected chi connectivity index (χ3v) is 2.40. The van der Waals surface area contributed by atoms with Gasteiger partial charge in [-0.2, -0.15) is 0 Å². The molecule has 0 aliphatic heterocycles.